The lowest BCUT2D eigenvalue weighted by Gasteiger charge is -2.24. The molecule has 2 heterocycles. The van der Waals surface area contributed by atoms with E-state index in [1.54, 1.807) is 18.1 Å². The summed E-state index contributed by atoms with van der Waals surface area (Å²) in [7, 11) is 0. The highest BCUT2D eigenvalue weighted by atomic mass is 32.2. The summed E-state index contributed by atoms with van der Waals surface area (Å²) in [5, 5.41) is 13.8. The van der Waals surface area contributed by atoms with E-state index in [1.165, 1.54) is 25.7 Å². The molecule has 0 N–H and O–H groups in total. The fourth-order valence-electron chi connectivity index (χ4n) is 2.79. The van der Waals surface area contributed by atoms with Gasteiger partial charge in [0.25, 0.3) is 0 Å². The largest absolute Gasteiger partial charge is 0.224 e. The van der Waals surface area contributed by atoms with Crippen molar-refractivity contribution in [1.82, 2.24) is 24.8 Å². The molecule has 5 nitrogen and oxygen atoms in total. The molecule has 1 fully saturated rings. The number of hydrogen-bond acceptors (Lipinski definition) is 5. The Morgan fingerprint density at radius 2 is 2.22 bits per heavy atom. The molecular formula is C12H17N5S. The summed E-state index contributed by atoms with van der Waals surface area (Å²) in [6, 6.07) is 0. The standard InChI is InChI=1S/C12H17N5S/c1-8-4-3-5-9(6-8)10-15-16-11-12(18-2)13-7-14-17(10)11/h7-9H,3-6H2,1-2H3. The minimum Gasteiger partial charge on any atom is -0.224 e. The molecule has 2 aromatic rings. The fourth-order valence-corrected chi connectivity index (χ4v) is 3.26. The average Bonchev–Trinajstić information content (AvgIpc) is 2.82. The third-order valence-electron chi connectivity index (χ3n) is 3.69. The van der Waals surface area contributed by atoms with Crippen LogP contribution in [0.1, 0.15) is 44.3 Å². The van der Waals surface area contributed by atoms with Gasteiger partial charge in [-0.25, -0.2) is 4.98 Å². The Bertz CT molecular complexity index is 552. The van der Waals surface area contributed by atoms with Crippen molar-refractivity contribution in [1.29, 1.82) is 0 Å². The Balaban J connectivity index is 2.02. The Labute approximate surface area is 110 Å². The quantitative estimate of drug-likeness (QED) is 0.779. The molecular weight excluding hydrogens is 246 g/mol. The van der Waals surface area contributed by atoms with Gasteiger partial charge in [0.05, 0.1) is 0 Å². The van der Waals surface area contributed by atoms with Gasteiger partial charge >= 0.3 is 0 Å². The van der Waals surface area contributed by atoms with E-state index in [9.17, 15) is 0 Å². The van der Waals surface area contributed by atoms with Gasteiger partial charge in [-0.2, -0.15) is 9.61 Å². The van der Waals surface area contributed by atoms with E-state index in [1.807, 2.05) is 10.8 Å². The van der Waals surface area contributed by atoms with E-state index in [0.717, 1.165) is 22.4 Å². The van der Waals surface area contributed by atoms with Crippen molar-refractivity contribution in [2.45, 2.75) is 43.6 Å². The zero-order valence-corrected chi connectivity index (χ0v) is 11.5. The van der Waals surface area contributed by atoms with Gasteiger partial charge < -0.3 is 0 Å². The van der Waals surface area contributed by atoms with Gasteiger partial charge in [0.1, 0.15) is 11.4 Å². The molecule has 0 amide bonds. The minimum atomic E-state index is 0.494. The normalized spacial score (nSPS) is 24.6. The first-order valence-electron chi connectivity index (χ1n) is 6.40. The van der Waals surface area contributed by atoms with Gasteiger partial charge in [-0.05, 0) is 25.0 Å². The molecule has 6 heteroatoms. The van der Waals surface area contributed by atoms with Crippen molar-refractivity contribution in [3.63, 3.8) is 0 Å². The van der Waals surface area contributed by atoms with Crippen molar-refractivity contribution in [2.75, 3.05) is 6.26 Å². The van der Waals surface area contributed by atoms with Crippen LogP contribution in [-0.2, 0) is 0 Å². The highest BCUT2D eigenvalue weighted by Crippen LogP contribution is 2.35. The minimum absolute atomic E-state index is 0.494. The van der Waals surface area contributed by atoms with E-state index in [0.29, 0.717) is 5.92 Å². The Kier molecular flexibility index (Phi) is 3.20. The monoisotopic (exact) mass is 263 g/mol. The summed E-state index contributed by atoms with van der Waals surface area (Å²) < 4.78 is 1.88. The van der Waals surface area contributed by atoms with Gasteiger partial charge in [0.2, 0.25) is 5.65 Å². The predicted octanol–water partition coefficient (Wildman–Crippen LogP) is 2.53. The molecule has 18 heavy (non-hydrogen) atoms. The molecule has 2 aromatic heterocycles. The van der Waals surface area contributed by atoms with E-state index < -0.39 is 0 Å². The molecule has 2 unspecified atom stereocenters. The van der Waals surface area contributed by atoms with E-state index >= 15 is 0 Å². The van der Waals surface area contributed by atoms with Gasteiger partial charge in [0.15, 0.2) is 5.82 Å². The number of thioether (sulfide) groups is 1. The van der Waals surface area contributed by atoms with Crippen molar-refractivity contribution in [3.8, 4) is 0 Å². The first-order valence-corrected chi connectivity index (χ1v) is 7.62. The number of fused-ring (bicyclic) bond motifs is 1. The summed E-state index contributed by atoms with van der Waals surface area (Å²) in [4.78, 5) is 4.23. The van der Waals surface area contributed by atoms with Gasteiger partial charge in [-0.1, -0.05) is 19.8 Å². The first kappa shape index (κ1) is 11.9. The second-order valence-corrected chi connectivity index (χ2v) is 5.83. The number of nitrogens with zero attached hydrogens (tertiary/aromatic N) is 5. The van der Waals surface area contributed by atoms with Crippen molar-refractivity contribution in [3.05, 3.63) is 12.2 Å². The molecule has 1 saturated carbocycles. The Hall–Kier alpha value is -1.17. The molecule has 0 aromatic carbocycles. The van der Waals surface area contributed by atoms with Crippen molar-refractivity contribution < 1.29 is 0 Å². The Morgan fingerprint density at radius 3 is 3.00 bits per heavy atom. The number of hydrogen-bond donors (Lipinski definition) is 0. The molecule has 96 valence electrons. The maximum absolute atomic E-state index is 4.36. The lowest BCUT2D eigenvalue weighted by atomic mass is 9.82. The van der Waals surface area contributed by atoms with Crippen molar-refractivity contribution >= 4 is 17.4 Å². The van der Waals surface area contributed by atoms with Crippen LogP contribution < -0.4 is 0 Å². The molecule has 2 atom stereocenters. The second-order valence-electron chi connectivity index (χ2n) is 5.03. The molecule has 0 aliphatic heterocycles. The van der Waals surface area contributed by atoms with Crippen LogP contribution in [0.4, 0.5) is 0 Å². The molecule has 0 spiro atoms. The summed E-state index contributed by atoms with van der Waals surface area (Å²) in [6.45, 7) is 2.32. The van der Waals surface area contributed by atoms with E-state index in [2.05, 4.69) is 27.2 Å². The number of aromatic nitrogens is 5. The molecule has 1 aliphatic carbocycles. The van der Waals surface area contributed by atoms with Crippen LogP contribution >= 0.6 is 11.8 Å². The first-order chi connectivity index (χ1) is 8.79. The van der Waals surface area contributed by atoms with Crippen LogP contribution in [0, 0.1) is 5.92 Å². The molecule has 1 aliphatic rings. The third-order valence-corrected chi connectivity index (χ3v) is 4.37. The highest BCUT2D eigenvalue weighted by molar-refractivity contribution is 7.98. The zero-order valence-electron chi connectivity index (χ0n) is 10.7. The van der Waals surface area contributed by atoms with Crippen LogP contribution in [0.2, 0.25) is 0 Å². The lowest BCUT2D eigenvalue weighted by Crippen LogP contribution is -2.15. The van der Waals surface area contributed by atoms with Crippen LogP contribution in [0.25, 0.3) is 5.65 Å². The lowest BCUT2D eigenvalue weighted by molar-refractivity contribution is 0.332. The fraction of sp³-hybridized carbons (Fsp3) is 0.667. The van der Waals surface area contributed by atoms with Crippen LogP contribution in [0.15, 0.2) is 11.4 Å². The molecule has 0 saturated heterocycles. The van der Waals surface area contributed by atoms with Crippen LogP contribution in [-0.4, -0.2) is 31.1 Å². The number of rotatable bonds is 2. The van der Waals surface area contributed by atoms with Gasteiger partial charge in [0, 0.05) is 5.92 Å². The Morgan fingerprint density at radius 1 is 1.33 bits per heavy atom. The predicted molar refractivity (Wildman–Crippen MR) is 70.7 cm³/mol. The average molecular weight is 263 g/mol. The van der Waals surface area contributed by atoms with E-state index in [4.69, 9.17) is 0 Å². The zero-order chi connectivity index (χ0) is 12.5. The smallest absolute Gasteiger partial charge is 0.210 e. The molecule has 0 radical (unpaired) electrons. The highest BCUT2D eigenvalue weighted by Gasteiger charge is 2.25. The topological polar surface area (TPSA) is 56.0 Å². The van der Waals surface area contributed by atoms with Gasteiger partial charge in [-0.3, -0.25) is 0 Å². The van der Waals surface area contributed by atoms with Crippen LogP contribution in [0.5, 0.6) is 0 Å². The molecule has 3 rings (SSSR count). The van der Waals surface area contributed by atoms with E-state index in [-0.39, 0.29) is 0 Å². The second kappa shape index (κ2) is 4.84. The summed E-state index contributed by atoms with van der Waals surface area (Å²) in [6.07, 6.45) is 8.60. The summed E-state index contributed by atoms with van der Waals surface area (Å²) >= 11 is 1.58. The van der Waals surface area contributed by atoms with Crippen molar-refractivity contribution in [2.24, 2.45) is 5.92 Å². The summed E-state index contributed by atoms with van der Waals surface area (Å²) in [5.74, 6) is 2.28. The SMILES string of the molecule is CSc1ncnn2c(C3CCCC(C)C3)nnc12. The third kappa shape index (κ3) is 1.98. The summed E-state index contributed by atoms with van der Waals surface area (Å²) in [5.41, 5.74) is 0.790. The molecule has 0 bridgehead atoms. The maximum Gasteiger partial charge on any atom is 0.210 e. The van der Waals surface area contributed by atoms with Gasteiger partial charge in [-0.15, -0.1) is 22.0 Å². The van der Waals surface area contributed by atoms with Crippen LogP contribution in [0.3, 0.4) is 0 Å². The maximum atomic E-state index is 4.36.